The molecule has 2 heterocycles. The number of rotatable bonds is 28. The molecule has 80 heavy (non-hydrogen) atoms. The molecule has 0 radical (unpaired) electrons. The minimum atomic E-state index is -3.62. The number of aliphatic carboxylic acids is 2. The number of carboxylic acid groups (broad SMARTS) is 2. The number of aryl methyl sites for hydroxylation is 2. The van der Waals surface area contributed by atoms with E-state index in [1.54, 1.807) is 41.5 Å². The number of carbonyl (C=O) groups is 6. The zero-order valence-electron chi connectivity index (χ0n) is 48.6. The Kier molecular flexibility index (Phi) is 31.9. The number of carbonyl (C=O) groups excluding carboxylic acids is 6. The van der Waals surface area contributed by atoms with E-state index in [9.17, 15) is 48.1 Å². The molecule has 4 fully saturated rings. The van der Waals surface area contributed by atoms with Gasteiger partial charge in [0.25, 0.3) is 0 Å². The minimum absolute atomic E-state index is 0. The van der Waals surface area contributed by atoms with E-state index in [1.807, 2.05) is 60.7 Å². The van der Waals surface area contributed by atoms with Crippen LogP contribution in [0.15, 0.2) is 60.7 Å². The molecule has 0 bridgehead atoms. The van der Waals surface area contributed by atoms with Crippen molar-refractivity contribution in [1.82, 2.24) is 9.80 Å². The third-order valence-electron chi connectivity index (χ3n) is 16.1. The van der Waals surface area contributed by atoms with Gasteiger partial charge >= 0.3 is 49.7 Å². The van der Waals surface area contributed by atoms with Gasteiger partial charge in [0.05, 0.1) is 24.0 Å². The van der Waals surface area contributed by atoms with E-state index < -0.39 is 87.4 Å². The van der Waals surface area contributed by atoms with Gasteiger partial charge in [-0.3, -0.25) is 37.4 Å². The molecule has 2 saturated carbocycles. The van der Waals surface area contributed by atoms with Crippen LogP contribution >= 0.6 is 14.7 Å². The summed E-state index contributed by atoms with van der Waals surface area (Å²) in [7, 11) is -7.23. The van der Waals surface area contributed by atoms with Crippen LogP contribution < -0.4 is 10.2 Å². The summed E-state index contributed by atoms with van der Waals surface area (Å²) in [6.45, 7) is 11.2. The maximum atomic E-state index is 14.2. The van der Waals surface area contributed by atoms with E-state index in [-0.39, 0.29) is 92.1 Å². The molecule has 0 spiro atoms. The van der Waals surface area contributed by atoms with Crippen molar-refractivity contribution in [3.8, 4) is 0 Å². The van der Waals surface area contributed by atoms with Crippen LogP contribution in [-0.4, -0.2) is 151 Å². The first kappa shape index (κ1) is 71.1. The predicted molar refractivity (Wildman–Crippen MR) is 305 cm³/mol. The Morgan fingerprint density at radius 1 is 0.537 bits per heavy atom. The Morgan fingerprint density at radius 2 is 0.875 bits per heavy atom. The molecule has 2 aliphatic heterocycles. The second-order valence-electron chi connectivity index (χ2n) is 23.0. The van der Waals surface area contributed by atoms with E-state index in [2.05, 4.69) is 0 Å². The van der Waals surface area contributed by atoms with Gasteiger partial charge in [-0.25, -0.2) is 0 Å². The normalized spacial score (nSPS) is 21.9. The van der Waals surface area contributed by atoms with Crippen molar-refractivity contribution in [2.75, 3.05) is 37.7 Å². The van der Waals surface area contributed by atoms with E-state index in [0.717, 1.165) is 77.0 Å². The zero-order chi connectivity index (χ0) is 56.8. The molecule has 2 amide bonds. The van der Waals surface area contributed by atoms with Crippen LogP contribution in [0.25, 0.3) is 0 Å². The van der Waals surface area contributed by atoms with Crippen molar-refractivity contribution in [3.63, 3.8) is 0 Å². The number of carboxylic acids is 2. The van der Waals surface area contributed by atoms with Gasteiger partial charge in [-0.2, -0.15) is 0 Å². The first-order valence-corrected chi connectivity index (χ1v) is 33.2. The summed E-state index contributed by atoms with van der Waals surface area (Å²) >= 11 is 0. The third kappa shape index (κ3) is 23.1. The average Bonchev–Trinajstić information content (AvgIpc) is 4.10. The number of nitrogens with zero attached hydrogens (tertiary/aromatic N) is 2. The summed E-state index contributed by atoms with van der Waals surface area (Å²) in [6, 6.07) is 17.9. The van der Waals surface area contributed by atoms with Gasteiger partial charge in [0.15, 0.2) is 0 Å². The summed E-state index contributed by atoms with van der Waals surface area (Å²) in [5.74, 6) is -3.97. The van der Waals surface area contributed by atoms with Crippen LogP contribution in [0.4, 0.5) is 0 Å². The smallest absolute Gasteiger partial charge is 0.548 e. The number of hydrogen-bond donors (Lipinski definition) is 0. The van der Waals surface area contributed by atoms with Crippen LogP contribution in [0.3, 0.4) is 0 Å². The number of hydrogen-bond acceptors (Lipinski definition) is 14. The van der Waals surface area contributed by atoms with Crippen molar-refractivity contribution in [1.29, 1.82) is 0 Å². The Morgan fingerprint density at radius 3 is 1.18 bits per heavy atom. The molecular formula is C60H92CaN2O15P2. The topological polar surface area (TPSA) is 258 Å². The van der Waals surface area contributed by atoms with Crippen LogP contribution in [-0.2, 0) is 69.3 Å². The monoisotopic (exact) mass is 1180 g/mol. The van der Waals surface area contributed by atoms with E-state index in [4.69, 9.17) is 18.5 Å². The zero-order valence-corrected chi connectivity index (χ0v) is 52.6. The van der Waals surface area contributed by atoms with Crippen molar-refractivity contribution in [2.24, 2.45) is 35.5 Å². The number of likely N-dealkylation sites (tertiary alicyclic amines) is 2. The van der Waals surface area contributed by atoms with Gasteiger partial charge in [-0.05, 0) is 86.2 Å². The largest absolute Gasteiger partial charge is 2.00 e. The van der Waals surface area contributed by atoms with E-state index in [1.165, 1.54) is 33.8 Å². The fraction of sp³-hybridized carbons (Fsp3) is 0.700. The van der Waals surface area contributed by atoms with E-state index >= 15 is 0 Å². The standard InChI is InChI=1S/2C30H46NO7P.Ca.H2O/c2*1-4-28(33)37-30(22(2)3)38-39(36,18-12-11-15-23-13-7-5-8-14-23)21-27(32)31-20-25(19-26(31)29(34)35)24-16-9-6-10-17-24;;/h2*5,7-8,13-14,22,24-26,30H,4,6,9-12,15-21H2,1-3H3,(H,34,35);;1H2/q;;+2;/p-2/t2*25-,26+,30+,39-;;/m11../s1. The second-order valence-corrected chi connectivity index (χ2v) is 28.2. The number of benzene rings is 2. The average molecular weight is 1180 g/mol. The van der Waals surface area contributed by atoms with Crippen molar-refractivity contribution in [2.45, 2.75) is 195 Å². The number of amides is 2. The SMILES string of the molecule is CCC(=O)O[C@@H](O[P@](=O)(CCCCc1ccccc1)CC(=O)N1C[C@H](C2CCCCC2)C[C@H]1C(=O)[O-])C(C)C.CCC(=O)O[C@@H](O[P@](=O)(CCCCc1ccccc1)CC(=O)N1C[C@H](C2CCCCC2)C[C@H]1C(=O)[O-])C(C)C.O.[Ca+2]. The molecular weight excluding hydrogens is 1090 g/mol. The maximum absolute atomic E-state index is 14.2. The van der Waals surface area contributed by atoms with E-state index in [0.29, 0.717) is 50.6 Å². The first-order chi connectivity index (χ1) is 37.2. The summed E-state index contributed by atoms with van der Waals surface area (Å²) in [6.07, 6.45) is 13.8. The summed E-state index contributed by atoms with van der Waals surface area (Å²) in [5, 5.41) is 24.0. The Labute approximate surface area is 506 Å². The van der Waals surface area contributed by atoms with Crippen LogP contribution in [0.2, 0.25) is 0 Å². The fourth-order valence-electron chi connectivity index (χ4n) is 11.6. The molecule has 2 aromatic carbocycles. The number of unbranched alkanes of at least 4 members (excludes halogenated alkanes) is 2. The Bertz CT molecular complexity index is 2150. The van der Waals surface area contributed by atoms with Gasteiger partial charge in [0.2, 0.25) is 39.1 Å². The number of ether oxygens (including phenoxy) is 2. The molecule has 0 unspecified atom stereocenters. The minimum Gasteiger partial charge on any atom is -0.548 e. The van der Waals surface area contributed by atoms with Gasteiger partial charge in [-0.15, -0.1) is 0 Å². The molecule has 20 heteroatoms. The molecule has 2 aliphatic carbocycles. The second kappa shape index (κ2) is 35.9. The molecule has 17 nitrogen and oxygen atoms in total. The van der Waals surface area contributed by atoms with Crippen molar-refractivity contribution < 1.29 is 72.1 Å². The van der Waals surface area contributed by atoms with Gasteiger partial charge in [-0.1, -0.05) is 166 Å². The molecule has 444 valence electrons. The Balaban J connectivity index is 0.000000410. The third-order valence-corrected chi connectivity index (χ3v) is 20.8. The summed E-state index contributed by atoms with van der Waals surface area (Å²) in [4.78, 5) is 77.9. The summed E-state index contributed by atoms with van der Waals surface area (Å²) < 4.78 is 51.3. The number of esters is 2. The van der Waals surface area contributed by atoms with Gasteiger partial charge in [0, 0.05) is 50.1 Å². The molecule has 2 N–H and O–H groups in total. The van der Waals surface area contributed by atoms with Gasteiger partial charge in [0.1, 0.15) is 12.3 Å². The molecule has 2 aromatic rings. The van der Waals surface area contributed by atoms with Crippen LogP contribution in [0.5, 0.6) is 0 Å². The maximum Gasteiger partial charge on any atom is 2.00 e. The van der Waals surface area contributed by atoms with Crippen molar-refractivity contribution in [3.05, 3.63) is 71.8 Å². The molecule has 2 saturated heterocycles. The van der Waals surface area contributed by atoms with Crippen LogP contribution in [0, 0.1) is 35.5 Å². The quantitative estimate of drug-likeness (QED) is 0.0255. The fourth-order valence-corrected chi connectivity index (χ4v) is 16.2. The van der Waals surface area contributed by atoms with Gasteiger partial charge < -0.3 is 44.6 Å². The first-order valence-electron chi connectivity index (χ1n) is 29.2. The molecule has 4 aliphatic rings. The molecule has 0 aromatic heterocycles. The Hall–Kier alpha value is -3.14. The molecule has 6 rings (SSSR count). The predicted octanol–water partition coefficient (Wildman–Crippen LogP) is 8.37. The summed E-state index contributed by atoms with van der Waals surface area (Å²) in [5.41, 5.74) is 2.34. The van der Waals surface area contributed by atoms with Crippen LogP contribution in [0.1, 0.15) is 168 Å². The molecule has 8 atom stereocenters. The van der Waals surface area contributed by atoms with Crippen molar-refractivity contribution >= 4 is 88.2 Å².